The highest BCUT2D eigenvalue weighted by Gasteiger charge is 2.53. The maximum atomic E-state index is 5.70. The normalized spacial score (nSPS) is 12.9. The number of rotatable bonds is 5. The second kappa shape index (κ2) is 13.1. The topological polar surface area (TPSA) is 51.6 Å². The van der Waals surface area contributed by atoms with Gasteiger partial charge in [-0.3, -0.25) is 0 Å². The Kier molecular flexibility index (Phi) is 7.41. The van der Waals surface area contributed by atoms with Gasteiger partial charge in [-0.2, -0.15) is 0 Å². The average molecular weight is 751 g/mol. The molecular weight excluding hydrogens is 717 g/mol. The summed E-state index contributed by atoms with van der Waals surface area (Å²) in [5, 5.41) is 2.13. The lowest BCUT2D eigenvalue weighted by atomic mass is 9.69. The fourth-order valence-corrected chi connectivity index (χ4v) is 9.63. The van der Waals surface area contributed by atoms with E-state index in [2.05, 4.69) is 194 Å². The number of aromatic nitrogens is 4. The van der Waals surface area contributed by atoms with Gasteiger partial charge >= 0.3 is 0 Å². The third-order valence-corrected chi connectivity index (χ3v) is 12.1. The third kappa shape index (κ3) is 5.03. The highest BCUT2D eigenvalue weighted by molar-refractivity contribution is 6.06. The standard InChI is InChI=1S/C55H34N4/c1-3-17-35(18-4-1)37-21-15-23-39(33-37)52-57-53(40-24-16-22-38(34-40)36-19-5-2-6-20-36)59-54(58-52)51-44-28-8-7-27-43(44)49-50(56-51)45-29-11-14-32-48(45)55(49)46-30-12-9-25-41(46)42-26-10-13-31-47(42)55/h1-34H. The van der Waals surface area contributed by atoms with Crippen LogP contribution in [-0.4, -0.2) is 19.9 Å². The minimum Gasteiger partial charge on any atom is -0.243 e. The van der Waals surface area contributed by atoms with Crippen LogP contribution in [0.2, 0.25) is 0 Å². The van der Waals surface area contributed by atoms with E-state index in [9.17, 15) is 0 Å². The molecule has 0 aliphatic heterocycles. The molecule has 0 amide bonds. The molecule has 0 bridgehead atoms. The Morgan fingerprint density at radius 1 is 0.271 bits per heavy atom. The minimum atomic E-state index is -0.532. The molecule has 0 radical (unpaired) electrons. The summed E-state index contributed by atoms with van der Waals surface area (Å²) >= 11 is 0. The summed E-state index contributed by atoms with van der Waals surface area (Å²) in [4.78, 5) is 21.6. The second-order valence-corrected chi connectivity index (χ2v) is 15.3. The summed E-state index contributed by atoms with van der Waals surface area (Å²) < 4.78 is 0. The maximum Gasteiger partial charge on any atom is 0.183 e. The van der Waals surface area contributed by atoms with Crippen molar-refractivity contribution < 1.29 is 0 Å². The third-order valence-electron chi connectivity index (χ3n) is 12.1. The van der Waals surface area contributed by atoms with E-state index in [4.69, 9.17) is 19.9 Å². The molecule has 2 heterocycles. The van der Waals surface area contributed by atoms with Gasteiger partial charge in [0.25, 0.3) is 0 Å². The summed E-state index contributed by atoms with van der Waals surface area (Å²) in [6.07, 6.45) is 0. The van der Waals surface area contributed by atoms with Gasteiger partial charge in [-0.05, 0) is 67.6 Å². The molecule has 0 fully saturated rings. The van der Waals surface area contributed by atoms with Gasteiger partial charge in [-0.1, -0.05) is 194 Å². The lowest BCUT2D eigenvalue weighted by molar-refractivity contribution is 0.799. The van der Waals surface area contributed by atoms with Crippen LogP contribution >= 0.6 is 0 Å². The predicted molar refractivity (Wildman–Crippen MR) is 239 cm³/mol. The highest BCUT2D eigenvalue weighted by atomic mass is 15.0. The Hall–Kier alpha value is -7.82. The van der Waals surface area contributed by atoms with Gasteiger partial charge in [0.2, 0.25) is 0 Å². The smallest absolute Gasteiger partial charge is 0.183 e. The van der Waals surface area contributed by atoms with Gasteiger partial charge in [-0.15, -0.1) is 0 Å². The van der Waals surface area contributed by atoms with Crippen LogP contribution in [0.3, 0.4) is 0 Å². The minimum absolute atomic E-state index is 0.532. The quantitative estimate of drug-likeness (QED) is 0.176. The molecule has 10 aromatic rings. The number of nitrogens with zero attached hydrogens (tertiary/aromatic N) is 4. The molecule has 2 aliphatic rings. The SMILES string of the molecule is c1ccc(-c2cccc(-c3nc(-c4cccc(-c5ccccc5)c4)nc(-c4nc5c(c6ccccc46)C4(c6ccccc6-c6ccccc64)c4ccccc4-5)n3)c2)cc1. The van der Waals surface area contributed by atoms with Gasteiger partial charge in [-0.25, -0.2) is 19.9 Å². The molecule has 0 N–H and O–H groups in total. The predicted octanol–water partition coefficient (Wildman–Crippen LogP) is 13.1. The molecule has 2 aliphatic carbocycles. The van der Waals surface area contributed by atoms with Gasteiger partial charge in [0, 0.05) is 27.6 Å². The van der Waals surface area contributed by atoms with Gasteiger partial charge in [0.15, 0.2) is 17.5 Å². The Labute approximate surface area is 342 Å². The van der Waals surface area contributed by atoms with Crippen molar-refractivity contribution in [3.8, 4) is 78.9 Å². The average Bonchev–Trinajstić information content (AvgIpc) is 3.79. The summed E-state index contributed by atoms with van der Waals surface area (Å²) in [5.41, 5.74) is 16.1. The Morgan fingerprint density at radius 3 is 1.24 bits per heavy atom. The molecule has 0 saturated carbocycles. The number of hydrogen-bond donors (Lipinski definition) is 0. The first kappa shape index (κ1) is 33.3. The monoisotopic (exact) mass is 750 g/mol. The van der Waals surface area contributed by atoms with E-state index in [1.165, 1.54) is 33.4 Å². The fourth-order valence-electron chi connectivity index (χ4n) is 9.63. The van der Waals surface area contributed by atoms with Crippen molar-refractivity contribution in [1.29, 1.82) is 0 Å². The molecule has 1 spiro atoms. The molecule has 274 valence electrons. The fraction of sp³-hybridized carbons (Fsp3) is 0.0182. The van der Waals surface area contributed by atoms with E-state index in [1.54, 1.807) is 0 Å². The number of benzene rings is 8. The zero-order valence-corrected chi connectivity index (χ0v) is 31.9. The van der Waals surface area contributed by atoms with E-state index < -0.39 is 5.41 Å². The zero-order chi connectivity index (χ0) is 38.9. The van der Waals surface area contributed by atoms with Crippen molar-refractivity contribution in [2.24, 2.45) is 0 Å². The van der Waals surface area contributed by atoms with Crippen LogP contribution in [0.4, 0.5) is 0 Å². The van der Waals surface area contributed by atoms with Crippen molar-refractivity contribution in [2.75, 3.05) is 0 Å². The van der Waals surface area contributed by atoms with Crippen LogP contribution in [0.15, 0.2) is 206 Å². The van der Waals surface area contributed by atoms with Gasteiger partial charge in [0.05, 0.1) is 11.1 Å². The van der Waals surface area contributed by atoms with Crippen LogP contribution in [0.25, 0.3) is 89.7 Å². The van der Waals surface area contributed by atoms with Crippen LogP contribution in [0.1, 0.15) is 22.3 Å². The van der Waals surface area contributed by atoms with Crippen molar-refractivity contribution >= 4 is 10.8 Å². The first-order valence-electron chi connectivity index (χ1n) is 20.1. The number of pyridine rings is 1. The van der Waals surface area contributed by atoms with E-state index >= 15 is 0 Å². The molecular formula is C55H34N4. The van der Waals surface area contributed by atoms with Crippen LogP contribution in [-0.2, 0) is 5.41 Å². The van der Waals surface area contributed by atoms with E-state index in [0.29, 0.717) is 17.5 Å². The molecule has 0 saturated heterocycles. The summed E-state index contributed by atoms with van der Waals surface area (Å²) in [5.74, 6) is 1.72. The first-order chi connectivity index (χ1) is 29.3. The largest absolute Gasteiger partial charge is 0.243 e. The van der Waals surface area contributed by atoms with E-state index in [-0.39, 0.29) is 0 Å². The molecule has 2 aromatic heterocycles. The Bertz CT molecular complexity index is 3130. The highest BCUT2D eigenvalue weighted by Crippen LogP contribution is 2.64. The molecule has 4 heteroatoms. The summed E-state index contributed by atoms with van der Waals surface area (Å²) in [7, 11) is 0. The molecule has 0 atom stereocenters. The van der Waals surface area contributed by atoms with Gasteiger partial charge < -0.3 is 0 Å². The second-order valence-electron chi connectivity index (χ2n) is 15.3. The van der Waals surface area contributed by atoms with Crippen LogP contribution < -0.4 is 0 Å². The number of hydrogen-bond acceptors (Lipinski definition) is 4. The van der Waals surface area contributed by atoms with Crippen molar-refractivity contribution in [3.05, 3.63) is 229 Å². The summed E-state index contributed by atoms with van der Waals surface area (Å²) in [6, 6.07) is 73.1. The lowest BCUT2D eigenvalue weighted by Crippen LogP contribution is -2.26. The van der Waals surface area contributed by atoms with Crippen LogP contribution in [0, 0.1) is 0 Å². The lowest BCUT2D eigenvalue weighted by Gasteiger charge is -2.31. The Morgan fingerprint density at radius 2 is 0.678 bits per heavy atom. The maximum absolute atomic E-state index is 5.70. The number of fused-ring (bicyclic) bond motifs is 12. The molecule has 4 nitrogen and oxygen atoms in total. The van der Waals surface area contributed by atoms with Crippen molar-refractivity contribution in [1.82, 2.24) is 19.9 Å². The van der Waals surface area contributed by atoms with E-state index in [1.807, 2.05) is 12.1 Å². The molecule has 59 heavy (non-hydrogen) atoms. The molecule has 8 aromatic carbocycles. The summed E-state index contributed by atoms with van der Waals surface area (Å²) in [6.45, 7) is 0. The zero-order valence-electron chi connectivity index (χ0n) is 31.9. The van der Waals surface area contributed by atoms with Crippen molar-refractivity contribution in [2.45, 2.75) is 5.41 Å². The van der Waals surface area contributed by atoms with Crippen molar-refractivity contribution in [3.63, 3.8) is 0 Å². The molecule has 0 unspecified atom stereocenters. The van der Waals surface area contributed by atoms with Crippen LogP contribution in [0.5, 0.6) is 0 Å². The van der Waals surface area contributed by atoms with E-state index in [0.717, 1.165) is 61.1 Å². The Balaban J connectivity index is 1.13. The van der Waals surface area contributed by atoms with Gasteiger partial charge in [0.1, 0.15) is 5.69 Å². The first-order valence-corrected chi connectivity index (χ1v) is 20.1. The molecule has 12 rings (SSSR count).